The summed E-state index contributed by atoms with van der Waals surface area (Å²) < 4.78 is 38.7. The molecule has 4 nitrogen and oxygen atoms in total. The molecule has 2 aromatic rings. The molecule has 2 aliphatic rings. The molecule has 2 N–H and O–H groups in total. The van der Waals surface area contributed by atoms with Gasteiger partial charge in [-0.3, -0.25) is 0 Å². The maximum absolute atomic E-state index is 14.4. The average molecular weight is 332 g/mol. The molecule has 0 amide bonds. The molecule has 0 bridgehead atoms. The number of halogens is 2. The van der Waals surface area contributed by atoms with E-state index in [1.807, 2.05) is 0 Å². The molecule has 1 saturated heterocycles. The van der Waals surface area contributed by atoms with Crippen LogP contribution in [0.5, 0.6) is 5.88 Å². The van der Waals surface area contributed by atoms with Gasteiger partial charge in [0.15, 0.2) is 0 Å². The predicted octanol–water partition coefficient (Wildman–Crippen LogP) is 3.34. The van der Waals surface area contributed by atoms with Gasteiger partial charge in [-0.1, -0.05) is 13.8 Å². The first kappa shape index (κ1) is 15.5. The zero-order valence-electron chi connectivity index (χ0n) is 13.5. The Labute approximate surface area is 138 Å². The Morgan fingerprint density at radius 1 is 1.21 bits per heavy atom. The Kier molecular flexibility index (Phi) is 3.37. The predicted molar refractivity (Wildman–Crippen MR) is 84.4 cm³/mol. The highest BCUT2D eigenvalue weighted by atomic mass is 19.1. The summed E-state index contributed by atoms with van der Waals surface area (Å²) in [7, 11) is 0. The minimum atomic E-state index is -0.612. The molecule has 24 heavy (non-hydrogen) atoms. The summed E-state index contributed by atoms with van der Waals surface area (Å²) in [6.07, 6.45) is -0.0168. The van der Waals surface area contributed by atoms with Crippen LogP contribution in [0.25, 0.3) is 11.1 Å². The smallest absolute Gasteiger partial charge is 0.217 e. The highest BCUT2D eigenvalue weighted by molar-refractivity contribution is 5.71. The molecule has 1 aromatic heterocycles. The number of nitrogens with zero attached hydrogens (tertiary/aromatic N) is 1. The van der Waals surface area contributed by atoms with Gasteiger partial charge in [-0.2, -0.15) is 0 Å². The number of hydrogen-bond donors (Lipinski definition) is 1. The van der Waals surface area contributed by atoms with E-state index in [-0.39, 0.29) is 11.5 Å². The van der Waals surface area contributed by atoms with Crippen molar-refractivity contribution in [2.45, 2.75) is 32.6 Å². The van der Waals surface area contributed by atoms with E-state index >= 15 is 0 Å². The first-order valence-corrected chi connectivity index (χ1v) is 7.87. The van der Waals surface area contributed by atoms with Crippen LogP contribution in [0.4, 0.5) is 8.78 Å². The lowest BCUT2D eigenvalue weighted by atomic mass is 9.82. The second-order valence-corrected chi connectivity index (χ2v) is 7.15. The minimum Gasteiger partial charge on any atom is -0.477 e. The maximum Gasteiger partial charge on any atom is 0.217 e. The molecule has 0 spiro atoms. The average Bonchev–Trinajstić information content (AvgIpc) is 3.23. The van der Waals surface area contributed by atoms with Crippen molar-refractivity contribution in [3.63, 3.8) is 0 Å². The fourth-order valence-corrected chi connectivity index (χ4v) is 3.11. The van der Waals surface area contributed by atoms with E-state index < -0.39 is 17.9 Å². The van der Waals surface area contributed by atoms with Gasteiger partial charge in [0.25, 0.3) is 0 Å². The number of benzene rings is 1. The Morgan fingerprint density at radius 3 is 2.62 bits per heavy atom. The molecular weight excluding hydrogens is 314 g/mol. The summed E-state index contributed by atoms with van der Waals surface area (Å²) in [5, 5.41) is 0. The van der Waals surface area contributed by atoms with Crippen LogP contribution >= 0.6 is 0 Å². The van der Waals surface area contributed by atoms with Crippen molar-refractivity contribution in [2.75, 3.05) is 6.61 Å². The Balaban J connectivity index is 1.90. The molecular formula is C18H18F2N2O2. The highest BCUT2D eigenvalue weighted by Crippen LogP contribution is 2.43. The Morgan fingerprint density at radius 2 is 1.96 bits per heavy atom. The Hall–Kier alpha value is -2.05. The van der Waals surface area contributed by atoms with Crippen molar-refractivity contribution in [3.8, 4) is 17.0 Å². The summed E-state index contributed by atoms with van der Waals surface area (Å²) in [4.78, 5) is 4.50. The fraction of sp³-hybridized carbons (Fsp3) is 0.389. The van der Waals surface area contributed by atoms with E-state index in [4.69, 9.17) is 15.2 Å². The van der Waals surface area contributed by atoms with Crippen molar-refractivity contribution in [2.24, 2.45) is 11.1 Å². The molecule has 3 heterocycles. The molecule has 6 heteroatoms. The van der Waals surface area contributed by atoms with Gasteiger partial charge in [0.1, 0.15) is 24.0 Å². The second kappa shape index (κ2) is 5.22. The van der Waals surface area contributed by atoms with Gasteiger partial charge in [0.05, 0.1) is 12.3 Å². The van der Waals surface area contributed by atoms with Crippen LogP contribution in [0.3, 0.4) is 0 Å². The molecule has 1 aromatic carbocycles. The van der Waals surface area contributed by atoms with E-state index in [2.05, 4.69) is 18.8 Å². The van der Waals surface area contributed by atoms with Gasteiger partial charge in [0.2, 0.25) is 5.88 Å². The zero-order valence-corrected chi connectivity index (χ0v) is 13.5. The number of ether oxygens (including phenoxy) is 2. The van der Waals surface area contributed by atoms with Crippen LogP contribution in [-0.4, -0.2) is 17.8 Å². The molecule has 2 unspecified atom stereocenters. The normalized spacial score (nSPS) is 24.2. The van der Waals surface area contributed by atoms with Gasteiger partial charge in [-0.05, 0) is 30.2 Å². The lowest BCUT2D eigenvalue weighted by Gasteiger charge is -2.32. The molecule has 1 fully saturated rings. The molecule has 2 aliphatic heterocycles. The number of hydrogen-bond acceptors (Lipinski definition) is 4. The van der Waals surface area contributed by atoms with E-state index in [1.165, 1.54) is 12.1 Å². The second-order valence-electron chi connectivity index (χ2n) is 7.15. The van der Waals surface area contributed by atoms with E-state index in [0.29, 0.717) is 35.7 Å². The number of rotatable bonds is 2. The van der Waals surface area contributed by atoms with Crippen LogP contribution in [0, 0.1) is 17.0 Å². The Bertz CT molecular complexity index is 823. The van der Waals surface area contributed by atoms with Crippen molar-refractivity contribution in [1.82, 2.24) is 4.98 Å². The molecule has 4 rings (SSSR count). The van der Waals surface area contributed by atoms with Gasteiger partial charge < -0.3 is 15.2 Å². The third kappa shape index (κ3) is 2.65. The molecule has 0 aliphatic carbocycles. The van der Waals surface area contributed by atoms with Crippen molar-refractivity contribution < 1.29 is 18.3 Å². The lowest BCUT2D eigenvalue weighted by Crippen LogP contribution is -2.30. The summed E-state index contributed by atoms with van der Waals surface area (Å²) >= 11 is 0. The van der Waals surface area contributed by atoms with Crippen LogP contribution < -0.4 is 10.5 Å². The standard InChI is InChI=1S/C18H18F2N2O2/c1-18(2)7-12-11(10-4-3-9(19)5-13(10)20)6-14(15-16(21)24-15)22-17(12)23-8-18/h3-6,15-16H,7-8,21H2,1-2H3. The van der Waals surface area contributed by atoms with Crippen molar-refractivity contribution in [3.05, 3.63) is 47.2 Å². The van der Waals surface area contributed by atoms with Crippen LogP contribution in [0.15, 0.2) is 24.3 Å². The number of epoxide rings is 1. The zero-order chi connectivity index (χ0) is 17.1. The first-order chi connectivity index (χ1) is 11.3. The van der Waals surface area contributed by atoms with Crippen molar-refractivity contribution >= 4 is 0 Å². The SMILES string of the molecule is CC1(C)COc2nc(C3OC3N)cc(-c3ccc(F)cc3F)c2C1. The molecule has 126 valence electrons. The van der Waals surface area contributed by atoms with E-state index in [1.54, 1.807) is 6.07 Å². The van der Waals surface area contributed by atoms with Gasteiger partial charge in [-0.25, -0.2) is 13.8 Å². The van der Waals surface area contributed by atoms with E-state index in [0.717, 1.165) is 11.6 Å². The maximum atomic E-state index is 14.4. The number of fused-ring (bicyclic) bond motifs is 1. The summed E-state index contributed by atoms with van der Waals surface area (Å²) in [5.74, 6) is -0.740. The quantitative estimate of drug-likeness (QED) is 0.857. The molecule has 0 radical (unpaired) electrons. The topological polar surface area (TPSA) is 60.7 Å². The third-order valence-electron chi connectivity index (χ3n) is 4.40. The number of pyridine rings is 1. The number of aromatic nitrogens is 1. The number of nitrogens with two attached hydrogens (primary N) is 1. The largest absolute Gasteiger partial charge is 0.477 e. The van der Waals surface area contributed by atoms with Crippen LogP contribution in [0.1, 0.15) is 31.2 Å². The van der Waals surface area contributed by atoms with Crippen LogP contribution in [-0.2, 0) is 11.2 Å². The summed E-state index contributed by atoms with van der Waals surface area (Å²) in [5.41, 5.74) is 8.06. The van der Waals surface area contributed by atoms with Gasteiger partial charge in [-0.15, -0.1) is 0 Å². The fourth-order valence-electron chi connectivity index (χ4n) is 3.11. The first-order valence-electron chi connectivity index (χ1n) is 7.87. The molecule has 0 saturated carbocycles. The van der Waals surface area contributed by atoms with Gasteiger partial charge >= 0.3 is 0 Å². The van der Waals surface area contributed by atoms with Crippen molar-refractivity contribution in [1.29, 1.82) is 0 Å². The van der Waals surface area contributed by atoms with Gasteiger partial charge in [0, 0.05) is 22.6 Å². The summed E-state index contributed by atoms with van der Waals surface area (Å²) in [6.45, 7) is 4.68. The van der Waals surface area contributed by atoms with E-state index in [9.17, 15) is 8.78 Å². The lowest BCUT2D eigenvalue weighted by molar-refractivity contribution is 0.148. The third-order valence-corrected chi connectivity index (χ3v) is 4.40. The molecule has 2 atom stereocenters. The summed E-state index contributed by atoms with van der Waals surface area (Å²) in [6, 6.07) is 5.35. The minimum absolute atomic E-state index is 0.0893. The highest BCUT2D eigenvalue weighted by Gasteiger charge is 2.40. The van der Waals surface area contributed by atoms with Crippen LogP contribution in [0.2, 0.25) is 0 Å². The monoisotopic (exact) mass is 332 g/mol.